The van der Waals surface area contributed by atoms with E-state index in [1.54, 1.807) is 25.1 Å². The average Bonchev–Trinajstić information content (AvgIpc) is 3.02. The Morgan fingerprint density at radius 2 is 1.90 bits per heavy atom. The highest BCUT2D eigenvalue weighted by Gasteiger charge is 2.38. The van der Waals surface area contributed by atoms with Crippen LogP contribution in [0.2, 0.25) is 0 Å². The molecule has 0 unspecified atom stereocenters. The van der Waals surface area contributed by atoms with E-state index in [9.17, 15) is 18.4 Å². The van der Waals surface area contributed by atoms with Crippen molar-refractivity contribution in [2.24, 2.45) is 0 Å². The zero-order valence-corrected chi connectivity index (χ0v) is 16.3. The second kappa shape index (κ2) is 7.98. The van der Waals surface area contributed by atoms with Crippen molar-refractivity contribution >= 4 is 29.1 Å². The summed E-state index contributed by atoms with van der Waals surface area (Å²) >= 11 is 0. The van der Waals surface area contributed by atoms with Gasteiger partial charge in [-0.15, -0.1) is 0 Å². The van der Waals surface area contributed by atoms with Crippen molar-refractivity contribution < 1.29 is 23.1 Å². The van der Waals surface area contributed by atoms with Gasteiger partial charge in [0.1, 0.15) is 24.4 Å². The smallest absolute Gasteiger partial charge is 0.336 e. The number of benzene rings is 2. The fourth-order valence-electron chi connectivity index (χ4n) is 3.24. The lowest BCUT2D eigenvalue weighted by Crippen LogP contribution is -2.33. The Morgan fingerprint density at radius 1 is 1.10 bits per heavy atom. The van der Waals surface area contributed by atoms with Crippen LogP contribution < -0.4 is 20.3 Å². The molecule has 1 aliphatic rings. The number of nitrogens with zero attached hydrogens (tertiary/aromatic N) is 4. The first-order valence-corrected chi connectivity index (χ1v) is 9.22. The van der Waals surface area contributed by atoms with Gasteiger partial charge in [-0.1, -0.05) is 12.1 Å². The Labute approximate surface area is 175 Å². The summed E-state index contributed by atoms with van der Waals surface area (Å²) < 4.78 is 31.7. The summed E-state index contributed by atoms with van der Waals surface area (Å²) in [5, 5.41) is 0. The van der Waals surface area contributed by atoms with Crippen LogP contribution in [0.4, 0.5) is 30.8 Å². The quantitative estimate of drug-likeness (QED) is 0.619. The molecule has 31 heavy (non-hydrogen) atoms. The average molecular weight is 425 g/mol. The van der Waals surface area contributed by atoms with Gasteiger partial charge in [-0.2, -0.15) is 0 Å². The van der Waals surface area contributed by atoms with Gasteiger partial charge in [-0.05, 0) is 42.8 Å². The summed E-state index contributed by atoms with van der Waals surface area (Å²) in [4.78, 5) is 35.5. The standard InChI is InChI=1S/C21H17F2N5O3/c1-12-7-15(31-18-9-17(24)25-11-26-18)5-6-16(12)28-19(29)10-27(21(28)30)14-4-2-3-13(8-14)20(22)23/h2-9,11,20H,10H2,1H3,(H2,24,25,26). The Morgan fingerprint density at radius 3 is 2.61 bits per heavy atom. The summed E-state index contributed by atoms with van der Waals surface area (Å²) in [5.41, 5.74) is 6.59. The van der Waals surface area contributed by atoms with Gasteiger partial charge in [0.25, 0.3) is 12.3 Å². The van der Waals surface area contributed by atoms with E-state index in [1.165, 1.54) is 41.6 Å². The van der Waals surface area contributed by atoms with E-state index < -0.39 is 18.4 Å². The minimum absolute atomic E-state index is 0.223. The number of hydrogen-bond donors (Lipinski definition) is 1. The van der Waals surface area contributed by atoms with Crippen molar-refractivity contribution in [1.29, 1.82) is 0 Å². The van der Waals surface area contributed by atoms with Crippen LogP contribution in [0.5, 0.6) is 11.6 Å². The predicted molar refractivity (Wildman–Crippen MR) is 109 cm³/mol. The summed E-state index contributed by atoms with van der Waals surface area (Å²) in [6, 6.07) is 11.1. The van der Waals surface area contributed by atoms with Gasteiger partial charge in [-0.3, -0.25) is 9.69 Å². The van der Waals surface area contributed by atoms with E-state index in [1.807, 2.05) is 0 Å². The zero-order chi connectivity index (χ0) is 22.1. The monoisotopic (exact) mass is 425 g/mol. The molecule has 158 valence electrons. The lowest BCUT2D eigenvalue weighted by molar-refractivity contribution is -0.115. The summed E-state index contributed by atoms with van der Waals surface area (Å²) in [6.45, 7) is 1.47. The molecule has 3 amide bonds. The SMILES string of the molecule is Cc1cc(Oc2cc(N)ncn2)ccc1N1C(=O)CN(c2cccc(C(F)F)c2)C1=O. The Hall–Kier alpha value is -4.08. The predicted octanol–water partition coefficient (Wildman–Crippen LogP) is 4.07. The fraction of sp³-hybridized carbons (Fsp3) is 0.143. The lowest BCUT2D eigenvalue weighted by Gasteiger charge is -2.19. The zero-order valence-electron chi connectivity index (χ0n) is 16.3. The first-order chi connectivity index (χ1) is 14.8. The molecule has 1 aromatic heterocycles. The van der Waals surface area contributed by atoms with Crippen LogP contribution in [0.15, 0.2) is 54.9 Å². The number of imide groups is 1. The number of alkyl halides is 2. The molecule has 0 atom stereocenters. The van der Waals surface area contributed by atoms with Crippen molar-refractivity contribution in [3.8, 4) is 11.6 Å². The van der Waals surface area contributed by atoms with Crippen molar-refractivity contribution in [2.75, 3.05) is 22.1 Å². The fourth-order valence-corrected chi connectivity index (χ4v) is 3.24. The summed E-state index contributed by atoms with van der Waals surface area (Å²) in [5.74, 6) is 0.466. The van der Waals surface area contributed by atoms with Crippen LogP contribution in [0.1, 0.15) is 17.6 Å². The first-order valence-electron chi connectivity index (χ1n) is 9.22. The van der Waals surface area contributed by atoms with E-state index in [2.05, 4.69) is 9.97 Å². The molecule has 2 aromatic carbocycles. The maximum Gasteiger partial charge on any atom is 0.336 e. The van der Waals surface area contributed by atoms with Crippen molar-refractivity contribution in [3.63, 3.8) is 0 Å². The van der Waals surface area contributed by atoms with E-state index in [0.717, 1.165) is 4.90 Å². The van der Waals surface area contributed by atoms with Gasteiger partial charge in [-0.25, -0.2) is 28.4 Å². The number of anilines is 3. The van der Waals surface area contributed by atoms with Gasteiger partial charge >= 0.3 is 6.03 Å². The van der Waals surface area contributed by atoms with Crippen LogP contribution in [0, 0.1) is 6.92 Å². The van der Waals surface area contributed by atoms with Crippen LogP contribution in [0.3, 0.4) is 0 Å². The molecule has 4 rings (SSSR count). The second-order valence-corrected chi connectivity index (χ2v) is 6.83. The number of amides is 3. The molecule has 2 N–H and O–H groups in total. The normalized spacial score (nSPS) is 13.9. The molecule has 1 fully saturated rings. The molecule has 0 spiro atoms. The third kappa shape index (κ3) is 4.00. The van der Waals surface area contributed by atoms with E-state index >= 15 is 0 Å². The van der Waals surface area contributed by atoms with Crippen molar-refractivity contribution in [3.05, 3.63) is 66.0 Å². The largest absolute Gasteiger partial charge is 0.439 e. The topological polar surface area (TPSA) is 102 Å². The molecule has 0 aliphatic carbocycles. The number of halogens is 2. The third-order valence-corrected chi connectivity index (χ3v) is 4.69. The molecule has 8 nitrogen and oxygen atoms in total. The Balaban J connectivity index is 1.58. The maximum atomic E-state index is 13.0. The van der Waals surface area contributed by atoms with E-state index in [0.29, 0.717) is 17.0 Å². The number of rotatable bonds is 5. The minimum atomic E-state index is -2.68. The number of urea groups is 1. The van der Waals surface area contributed by atoms with Gasteiger partial charge in [0.15, 0.2) is 0 Å². The number of ether oxygens (including phenoxy) is 1. The lowest BCUT2D eigenvalue weighted by atomic mass is 10.1. The highest BCUT2D eigenvalue weighted by atomic mass is 19.3. The van der Waals surface area contributed by atoms with Gasteiger partial charge < -0.3 is 10.5 Å². The molecule has 2 heterocycles. The van der Waals surface area contributed by atoms with Gasteiger partial charge in [0.05, 0.1) is 5.69 Å². The molecule has 3 aromatic rings. The van der Waals surface area contributed by atoms with Crippen molar-refractivity contribution in [2.45, 2.75) is 13.3 Å². The molecule has 0 radical (unpaired) electrons. The molecule has 10 heteroatoms. The van der Waals surface area contributed by atoms with Crippen LogP contribution >= 0.6 is 0 Å². The van der Waals surface area contributed by atoms with Crippen LogP contribution in [0.25, 0.3) is 0 Å². The maximum absolute atomic E-state index is 13.0. The Kier molecular flexibility index (Phi) is 5.20. The van der Waals surface area contributed by atoms with E-state index in [4.69, 9.17) is 10.5 Å². The summed E-state index contributed by atoms with van der Waals surface area (Å²) in [7, 11) is 0. The molecular weight excluding hydrogens is 408 g/mol. The number of carbonyl (C=O) groups is 2. The number of carbonyl (C=O) groups excluding carboxylic acids is 2. The minimum Gasteiger partial charge on any atom is -0.439 e. The van der Waals surface area contributed by atoms with Crippen LogP contribution in [-0.2, 0) is 4.79 Å². The molecule has 0 bridgehead atoms. The number of hydrogen-bond acceptors (Lipinski definition) is 6. The number of nitrogen functional groups attached to an aromatic ring is 1. The van der Waals surface area contributed by atoms with Gasteiger partial charge in [0.2, 0.25) is 5.88 Å². The molecule has 1 aliphatic heterocycles. The van der Waals surface area contributed by atoms with E-state index in [-0.39, 0.29) is 29.5 Å². The summed E-state index contributed by atoms with van der Waals surface area (Å²) in [6.07, 6.45) is -1.41. The van der Waals surface area contributed by atoms with Gasteiger partial charge in [0, 0.05) is 17.3 Å². The molecule has 1 saturated heterocycles. The third-order valence-electron chi connectivity index (χ3n) is 4.69. The Bertz CT molecular complexity index is 1170. The van der Waals surface area contributed by atoms with Crippen molar-refractivity contribution in [1.82, 2.24) is 9.97 Å². The molecule has 0 saturated carbocycles. The number of nitrogens with two attached hydrogens (primary N) is 1. The molecular formula is C21H17F2N5O3. The highest BCUT2D eigenvalue weighted by Crippen LogP contribution is 2.33. The first kappa shape index (κ1) is 20.2. The van der Waals surface area contributed by atoms with Crippen LogP contribution in [-0.4, -0.2) is 28.5 Å². The number of aromatic nitrogens is 2. The highest BCUT2D eigenvalue weighted by molar-refractivity contribution is 6.27. The second-order valence-electron chi connectivity index (χ2n) is 6.83. The number of aryl methyl sites for hydroxylation is 1.